The Bertz CT molecular complexity index is 1110. The minimum Gasteiger partial charge on any atom is -0.339 e. The van der Waals surface area contributed by atoms with Crippen molar-refractivity contribution >= 4 is 11.6 Å². The number of nitrogens with zero attached hydrogens (tertiary/aromatic N) is 3. The number of hydrogen-bond acceptors (Lipinski definition) is 5. The van der Waals surface area contributed by atoms with Crippen LogP contribution in [0.4, 0.5) is 10.1 Å². The summed E-state index contributed by atoms with van der Waals surface area (Å²) in [6.07, 6.45) is 3.63. The minimum atomic E-state index is -0.573. The summed E-state index contributed by atoms with van der Waals surface area (Å²) in [4.78, 5) is 20.8. The van der Waals surface area contributed by atoms with E-state index in [0.717, 1.165) is 11.1 Å². The molecule has 0 atom stereocenters. The summed E-state index contributed by atoms with van der Waals surface area (Å²) in [5.74, 6) is -0.227. The number of carbonyl (C=O) groups is 1. The number of para-hydroxylation sites is 1. The summed E-state index contributed by atoms with van der Waals surface area (Å²) in [5, 5.41) is 6.73. The minimum absolute atomic E-state index is 0.0185. The summed E-state index contributed by atoms with van der Waals surface area (Å²) in [7, 11) is 0. The second kappa shape index (κ2) is 7.79. The van der Waals surface area contributed by atoms with Crippen molar-refractivity contribution in [2.75, 3.05) is 5.32 Å². The molecule has 28 heavy (non-hydrogen) atoms. The predicted molar refractivity (Wildman–Crippen MR) is 101 cm³/mol. The molecule has 0 radical (unpaired) electrons. The molecule has 6 nitrogen and oxygen atoms in total. The molecule has 2 aromatic heterocycles. The predicted octanol–water partition coefficient (Wildman–Crippen LogP) is 4.11. The van der Waals surface area contributed by atoms with Crippen molar-refractivity contribution in [2.24, 2.45) is 0 Å². The molecule has 4 aromatic rings. The molecular formula is C21H15FN4O2. The largest absolute Gasteiger partial charge is 0.339 e. The van der Waals surface area contributed by atoms with Crippen LogP contribution in [0.25, 0.3) is 11.4 Å². The van der Waals surface area contributed by atoms with Gasteiger partial charge in [-0.25, -0.2) is 4.39 Å². The van der Waals surface area contributed by atoms with Gasteiger partial charge in [-0.15, -0.1) is 0 Å². The molecule has 138 valence electrons. The van der Waals surface area contributed by atoms with Crippen LogP contribution in [-0.4, -0.2) is 21.0 Å². The van der Waals surface area contributed by atoms with Gasteiger partial charge in [0.2, 0.25) is 11.7 Å². The van der Waals surface area contributed by atoms with E-state index in [0.29, 0.717) is 23.8 Å². The Morgan fingerprint density at radius 3 is 2.57 bits per heavy atom. The van der Waals surface area contributed by atoms with Gasteiger partial charge in [0.15, 0.2) is 0 Å². The van der Waals surface area contributed by atoms with Gasteiger partial charge in [-0.1, -0.05) is 35.5 Å². The summed E-state index contributed by atoms with van der Waals surface area (Å²) >= 11 is 0. The lowest BCUT2D eigenvalue weighted by Crippen LogP contribution is -2.15. The number of rotatable bonds is 5. The molecule has 1 N–H and O–H groups in total. The first-order valence-corrected chi connectivity index (χ1v) is 8.57. The Balaban J connectivity index is 1.55. The molecule has 0 spiro atoms. The van der Waals surface area contributed by atoms with E-state index < -0.39 is 11.7 Å². The molecule has 0 bridgehead atoms. The zero-order valence-corrected chi connectivity index (χ0v) is 14.7. The number of nitrogens with one attached hydrogen (secondary N) is 1. The fourth-order valence-electron chi connectivity index (χ4n) is 2.74. The number of pyridine rings is 1. The number of carbonyl (C=O) groups excluding carboxylic acids is 1. The number of aromatic nitrogens is 3. The molecule has 1 amide bonds. The van der Waals surface area contributed by atoms with Crippen LogP contribution < -0.4 is 5.32 Å². The van der Waals surface area contributed by atoms with E-state index in [1.807, 2.05) is 12.1 Å². The number of hydrogen-bond donors (Lipinski definition) is 1. The van der Waals surface area contributed by atoms with Crippen LogP contribution in [0.5, 0.6) is 0 Å². The summed E-state index contributed by atoms with van der Waals surface area (Å²) < 4.78 is 19.2. The van der Waals surface area contributed by atoms with Crippen molar-refractivity contribution in [1.82, 2.24) is 15.1 Å². The third-order valence-electron chi connectivity index (χ3n) is 4.13. The maximum absolute atomic E-state index is 13.9. The number of halogens is 1. The van der Waals surface area contributed by atoms with E-state index in [-0.39, 0.29) is 5.56 Å². The second-order valence-corrected chi connectivity index (χ2v) is 6.02. The Morgan fingerprint density at radius 1 is 1.00 bits per heavy atom. The van der Waals surface area contributed by atoms with Gasteiger partial charge in [-0.05, 0) is 35.9 Å². The van der Waals surface area contributed by atoms with E-state index in [1.165, 1.54) is 18.2 Å². The van der Waals surface area contributed by atoms with Crippen LogP contribution >= 0.6 is 0 Å². The van der Waals surface area contributed by atoms with Gasteiger partial charge in [0.05, 0.1) is 12.0 Å². The quantitative estimate of drug-likeness (QED) is 0.568. The van der Waals surface area contributed by atoms with Gasteiger partial charge < -0.3 is 9.84 Å². The van der Waals surface area contributed by atoms with Crippen molar-refractivity contribution < 1.29 is 13.7 Å². The highest BCUT2D eigenvalue weighted by molar-refractivity contribution is 6.04. The standard InChI is InChI=1S/C21H15FN4O2/c22-17-7-3-2-6-16(17)21(27)24-18-8-4-1-5-15(18)13-19-25-20(26-28-19)14-9-11-23-12-10-14/h1-12H,13H2,(H,24,27). The van der Waals surface area contributed by atoms with Crippen molar-refractivity contribution in [3.63, 3.8) is 0 Å². The Kier molecular flexibility index (Phi) is 4.88. The molecule has 0 aliphatic carbocycles. The van der Waals surface area contributed by atoms with E-state index >= 15 is 0 Å². The van der Waals surface area contributed by atoms with Gasteiger partial charge in [0.1, 0.15) is 5.82 Å². The van der Waals surface area contributed by atoms with E-state index in [2.05, 4.69) is 20.4 Å². The second-order valence-electron chi connectivity index (χ2n) is 6.02. The lowest BCUT2D eigenvalue weighted by Gasteiger charge is -2.10. The summed E-state index contributed by atoms with van der Waals surface area (Å²) in [5.41, 5.74) is 2.11. The highest BCUT2D eigenvalue weighted by atomic mass is 19.1. The SMILES string of the molecule is O=C(Nc1ccccc1Cc1nc(-c2ccncc2)no1)c1ccccc1F. The number of amides is 1. The highest BCUT2D eigenvalue weighted by Crippen LogP contribution is 2.21. The van der Waals surface area contributed by atoms with Crippen molar-refractivity contribution in [3.05, 3.63) is 95.9 Å². The number of anilines is 1. The van der Waals surface area contributed by atoms with Crippen LogP contribution in [0.1, 0.15) is 21.8 Å². The molecule has 2 aromatic carbocycles. The van der Waals surface area contributed by atoms with Gasteiger partial charge in [-0.2, -0.15) is 4.98 Å². The van der Waals surface area contributed by atoms with Crippen LogP contribution in [0, 0.1) is 5.82 Å². The van der Waals surface area contributed by atoms with Gasteiger partial charge in [-0.3, -0.25) is 9.78 Å². The molecule has 0 aliphatic heterocycles. The lowest BCUT2D eigenvalue weighted by atomic mass is 10.1. The third kappa shape index (κ3) is 3.78. The van der Waals surface area contributed by atoms with Crippen molar-refractivity contribution in [1.29, 1.82) is 0 Å². The Labute approximate surface area is 160 Å². The normalized spacial score (nSPS) is 10.6. The first kappa shape index (κ1) is 17.5. The first-order chi connectivity index (χ1) is 13.7. The smallest absolute Gasteiger partial charge is 0.258 e. The highest BCUT2D eigenvalue weighted by Gasteiger charge is 2.15. The molecule has 0 fully saturated rings. The molecule has 2 heterocycles. The topological polar surface area (TPSA) is 80.9 Å². The Morgan fingerprint density at radius 2 is 1.75 bits per heavy atom. The van der Waals surface area contributed by atoms with Gasteiger partial charge in [0.25, 0.3) is 5.91 Å². The molecule has 7 heteroatoms. The monoisotopic (exact) mass is 374 g/mol. The van der Waals surface area contributed by atoms with Gasteiger partial charge in [0, 0.05) is 23.6 Å². The Hall–Kier alpha value is -3.87. The molecular weight excluding hydrogens is 359 g/mol. The first-order valence-electron chi connectivity index (χ1n) is 8.57. The van der Waals surface area contributed by atoms with E-state index in [9.17, 15) is 9.18 Å². The van der Waals surface area contributed by atoms with Crippen molar-refractivity contribution in [3.8, 4) is 11.4 Å². The third-order valence-corrected chi connectivity index (χ3v) is 4.13. The maximum atomic E-state index is 13.9. The summed E-state index contributed by atoms with van der Waals surface area (Å²) in [6.45, 7) is 0. The van der Waals surface area contributed by atoms with Gasteiger partial charge >= 0.3 is 0 Å². The zero-order chi connectivity index (χ0) is 19.3. The van der Waals surface area contributed by atoms with E-state index in [1.54, 1.807) is 42.7 Å². The molecule has 0 saturated carbocycles. The fourth-order valence-corrected chi connectivity index (χ4v) is 2.74. The zero-order valence-electron chi connectivity index (χ0n) is 14.7. The van der Waals surface area contributed by atoms with Crippen molar-refractivity contribution in [2.45, 2.75) is 6.42 Å². The average Bonchev–Trinajstić information content (AvgIpc) is 3.19. The molecule has 0 saturated heterocycles. The van der Waals surface area contributed by atoms with Crippen LogP contribution in [-0.2, 0) is 6.42 Å². The van der Waals surface area contributed by atoms with Crippen LogP contribution in [0.3, 0.4) is 0 Å². The fraction of sp³-hybridized carbons (Fsp3) is 0.0476. The van der Waals surface area contributed by atoms with Crippen LogP contribution in [0.15, 0.2) is 77.6 Å². The number of benzene rings is 2. The van der Waals surface area contributed by atoms with E-state index in [4.69, 9.17) is 4.52 Å². The summed E-state index contributed by atoms with van der Waals surface area (Å²) in [6, 6.07) is 16.6. The average molecular weight is 374 g/mol. The molecule has 0 unspecified atom stereocenters. The molecule has 4 rings (SSSR count). The van der Waals surface area contributed by atoms with Crippen LogP contribution in [0.2, 0.25) is 0 Å². The maximum Gasteiger partial charge on any atom is 0.258 e. The molecule has 0 aliphatic rings. The lowest BCUT2D eigenvalue weighted by molar-refractivity contribution is 0.102.